The molecular weight excluding hydrogens is 198 g/mol. The first-order valence-electron chi connectivity index (χ1n) is 7.04. The van der Waals surface area contributed by atoms with Crippen LogP contribution in [0.25, 0.3) is 0 Å². The van der Waals surface area contributed by atoms with E-state index in [1.165, 1.54) is 51.6 Å². The van der Waals surface area contributed by atoms with Crippen molar-refractivity contribution in [3.8, 4) is 0 Å². The molecule has 1 unspecified atom stereocenters. The molecule has 16 heavy (non-hydrogen) atoms. The molecule has 0 spiro atoms. The predicted octanol–water partition coefficient (Wildman–Crippen LogP) is 2.80. The molecule has 1 aliphatic heterocycles. The number of hydrogen-bond donors (Lipinski definition) is 1. The molecule has 0 bridgehead atoms. The number of aliphatic hydroxyl groups excluding tert-OH is 1. The zero-order valence-electron chi connectivity index (χ0n) is 10.9. The van der Waals surface area contributed by atoms with Crippen molar-refractivity contribution < 1.29 is 5.11 Å². The van der Waals surface area contributed by atoms with Gasteiger partial charge < -0.3 is 5.11 Å². The maximum absolute atomic E-state index is 10.4. The fourth-order valence-corrected chi connectivity index (χ4v) is 3.01. The second-order valence-corrected chi connectivity index (χ2v) is 6.25. The van der Waals surface area contributed by atoms with Gasteiger partial charge in [-0.15, -0.1) is 0 Å². The maximum Gasteiger partial charge on any atom is 0.0721 e. The Balaban J connectivity index is 1.87. The van der Waals surface area contributed by atoms with Crippen LogP contribution in [0.5, 0.6) is 0 Å². The molecule has 0 aromatic heterocycles. The van der Waals surface area contributed by atoms with Gasteiger partial charge in [0.2, 0.25) is 0 Å². The Morgan fingerprint density at radius 3 is 2.25 bits per heavy atom. The highest BCUT2D eigenvalue weighted by atomic mass is 16.3. The third kappa shape index (κ3) is 2.60. The fourth-order valence-electron chi connectivity index (χ4n) is 3.01. The summed E-state index contributed by atoms with van der Waals surface area (Å²) in [6.45, 7) is 6.80. The zero-order valence-corrected chi connectivity index (χ0v) is 10.9. The largest absolute Gasteiger partial charge is 0.391 e. The minimum atomic E-state index is -0.143. The van der Waals surface area contributed by atoms with Gasteiger partial charge in [-0.1, -0.05) is 25.7 Å². The normalized spacial score (nSPS) is 26.4. The van der Waals surface area contributed by atoms with E-state index in [1.807, 2.05) is 0 Å². The molecule has 94 valence electrons. The molecule has 2 fully saturated rings. The lowest BCUT2D eigenvalue weighted by atomic mass is 9.77. The van der Waals surface area contributed by atoms with E-state index in [-0.39, 0.29) is 11.6 Å². The number of nitrogens with zero attached hydrogens (tertiary/aromatic N) is 1. The summed E-state index contributed by atoms with van der Waals surface area (Å²) in [7, 11) is 0. The van der Waals surface area contributed by atoms with Crippen LogP contribution < -0.4 is 0 Å². The lowest BCUT2D eigenvalue weighted by Gasteiger charge is -2.45. The Labute approximate surface area is 100 Å². The van der Waals surface area contributed by atoms with Crippen molar-refractivity contribution in [2.45, 2.75) is 70.4 Å². The number of rotatable bonds is 4. The number of hydrogen-bond acceptors (Lipinski definition) is 2. The van der Waals surface area contributed by atoms with E-state index in [9.17, 15) is 5.11 Å². The van der Waals surface area contributed by atoms with Gasteiger partial charge in [0.15, 0.2) is 0 Å². The first-order valence-corrected chi connectivity index (χ1v) is 7.04. The molecule has 0 aromatic rings. The minimum Gasteiger partial charge on any atom is -0.391 e. The highest BCUT2D eigenvalue weighted by Gasteiger charge is 2.36. The molecule has 1 aliphatic carbocycles. The molecule has 1 saturated heterocycles. The average molecular weight is 225 g/mol. The quantitative estimate of drug-likeness (QED) is 0.795. The Bertz CT molecular complexity index is 217. The third-order valence-corrected chi connectivity index (χ3v) is 4.77. The molecule has 0 aromatic carbocycles. The van der Waals surface area contributed by atoms with E-state index in [1.54, 1.807) is 0 Å². The highest BCUT2D eigenvalue weighted by molar-refractivity contribution is 4.92. The van der Waals surface area contributed by atoms with Gasteiger partial charge in [0.05, 0.1) is 6.10 Å². The summed E-state index contributed by atoms with van der Waals surface area (Å²) < 4.78 is 0. The van der Waals surface area contributed by atoms with Crippen LogP contribution >= 0.6 is 0 Å². The average Bonchev–Trinajstić information content (AvgIpc) is 2.24. The molecule has 2 heteroatoms. The van der Waals surface area contributed by atoms with Gasteiger partial charge in [-0.2, -0.15) is 0 Å². The Hall–Kier alpha value is -0.0800. The van der Waals surface area contributed by atoms with Gasteiger partial charge in [-0.3, -0.25) is 4.90 Å². The topological polar surface area (TPSA) is 23.5 Å². The first kappa shape index (κ1) is 12.4. The molecule has 0 amide bonds. The standard InChI is InChI=1S/C14H27NO/c1-14(2,15-9-4-3-5-10-15)13(16)11-12-7-6-8-12/h12-13,16H,3-11H2,1-2H3. The Morgan fingerprint density at radius 2 is 1.75 bits per heavy atom. The molecule has 1 saturated carbocycles. The molecular formula is C14H27NO. The number of aliphatic hydroxyl groups is 1. The van der Waals surface area contributed by atoms with Crippen molar-refractivity contribution in [3.05, 3.63) is 0 Å². The Kier molecular flexibility index (Phi) is 3.91. The summed E-state index contributed by atoms with van der Waals surface area (Å²) in [6.07, 6.45) is 8.91. The van der Waals surface area contributed by atoms with E-state index >= 15 is 0 Å². The van der Waals surface area contributed by atoms with Crippen LogP contribution in [0.3, 0.4) is 0 Å². The van der Waals surface area contributed by atoms with Crippen LogP contribution in [0.2, 0.25) is 0 Å². The monoisotopic (exact) mass is 225 g/mol. The summed E-state index contributed by atoms with van der Waals surface area (Å²) in [6, 6.07) is 0. The van der Waals surface area contributed by atoms with Gasteiger partial charge in [-0.05, 0) is 52.1 Å². The number of likely N-dealkylation sites (tertiary alicyclic amines) is 1. The molecule has 2 aliphatic rings. The maximum atomic E-state index is 10.4. The van der Waals surface area contributed by atoms with E-state index in [0.717, 1.165) is 12.3 Å². The fraction of sp³-hybridized carbons (Fsp3) is 1.00. The minimum absolute atomic E-state index is 0.0178. The SMILES string of the molecule is CC(C)(C(O)CC1CCC1)N1CCCCC1. The van der Waals surface area contributed by atoms with Crippen LogP contribution in [-0.2, 0) is 0 Å². The smallest absolute Gasteiger partial charge is 0.0721 e. The molecule has 1 heterocycles. The van der Waals surface area contributed by atoms with Crippen molar-refractivity contribution in [2.24, 2.45) is 5.92 Å². The second kappa shape index (κ2) is 5.05. The van der Waals surface area contributed by atoms with Gasteiger partial charge in [0, 0.05) is 5.54 Å². The van der Waals surface area contributed by atoms with E-state index in [0.29, 0.717) is 0 Å². The van der Waals surface area contributed by atoms with Crippen LogP contribution in [0.15, 0.2) is 0 Å². The van der Waals surface area contributed by atoms with E-state index in [2.05, 4.69) is 18.7 Å². The second-order valence-electron chi connectivity index (χ2n) is 6.25. The number of piperidine rings is 1. The Morgan fingerprint density at radius 1 is 1.12 bits per heavy atom. The van der Waals surface area contributed by atoms with Crippen molar-refractivity contribution in [3.63, 3.8) is 0 Å². The molecule has 1 atom stereocenters. The van der Waals surface area contributed by atoms with Crippen LogP contribution in [0.1, 0.15) is 58.8 Å². The predicted molar refractivity (Wildman–Crippen MR) is 67.5 cm³/mol. The molecule has 2 nitrogen and oxygen atoms in total. The van der Waals surface area contributed by atoms with Gasteiger partial charge in [0.1, 0.15) is 0 Å². The molecule has 2 rings (SSSR count). The summed E-state index contributed by atoms with van der Waals surface area (Å²) in [5.74, 6) is 0.805. The third-order valence-electron chi connectivity index (χ3n) is 4.77. The summed E-state index contributed by atoms with van der Waals surface area (Å²) in [4.78, 5) is 2.50. The first-order chi connectivity index (χ1) is 7.60. The molecule has 1 N–H and O–H groups in total. The van der Waals surface area contributed by atoms with Crippen molar-refractivity contribution >= 4 is 0 Å². The van der Waals surface area contributed by atoms with E-state index < -0.39 is 0 Å². The summed E-state index contributed by atoms with van der Waals surface area (Å²) in [5.41, 5.74) is -0.0178. The summed E-state index contributed by atoms with van der Waals surface area (Å²) in [5, 5.41) is 10.4. The highest BCUT2D eigenvalue weighted by Crippen LogP contribution is 2.34. The zero-order chi connectivity index (χ0) is 11.6. The van der Waals surface area contributed by atoms with Crippen molar-refractivity contribution in [1.82, 2.24) is 4.90 Å². The van der Waals surface area contributed by atoms with Crippen LogP contribution in [-0.4, -0.2) is 34.7 Å². The van der Waals surface area contributed by atoms with Crippen molar-refractivity contribution in [1.29, 1.82) is 0 Å². The van der Waals surface area contributed by atoms with E-state index in [4.69, 9.17) is 0 Å². The summed E-state index contributed by atoms with van der Waals surface area (Å²) >= 11 is 0. The van der Waals surface area contributed by atoms with Gasteiger partial charge >= 0.3 is 0 Å². The lowest BCUT2D eigenvalue weighted by molar-refractivity contribution is -0.0359. The van der Waals surface area contributed by atoms with Crippen LogP contribution in [0, 0.1) is 5.92 Å². The van der Waals surface area contributed by atoms with Crippen molar-refractivity contribution in [2.75, 3.05) is 13.1 Å². The van der Waals surface area contributed by atoms with Gasteiger partial charge in [0.25, 0.3) is 0 Å². The van der Waals surface area contributed by atoms with Gasteiger partial charge in [-0.25, -0.2) is 0 Å². The lowest BCUT2D eigenvalue weighted by Crippen LogP contribution is -2.54. The van der Waals surface area contributed by atoms with Crippen LogP contribution in [0.4, 0.5) is 0 Å². The molecule has 0 radical (unpaired) electrons.